The largest absolute Gasteiger partial charge is 0.465 e. The van der Waals surface area contributed by atoms with Crippen LogP contribution >= 0.6 is 0 Å². The van der Waals surface area contributed by atoms with E-state index in [9.17, 15) is 39.6 Å². The summed E-state index contributed by atoms with van der Waals surface area (Å²) in [6.45, 7) is 1.23. The molecular formula is C18H14F6N2O4S. The number of hydrogen-bond acceptors (Lipinski definition) is 5. The van der Waals surface area contributed by atoms with Gasteiger partial charge in [0.1, 0.15) is 11.5 Å². The van der Waals surface area contributed by atoms with Gasteiger partial charge < -0.3 is 4.74 Å². The van der Waals surface area contributed by atoms with Gasteiger partial charge in [-0.15, -0.1) is 0 Å². The van der Waals surface area contributed by atoms with Crippen LogP contribution in [0.3, 0.4) is 0 Å². The van der Waals surface area contributed by atoms with E-state index in [1.54, 1.807) is 0 Å². The maximum absolute atomic E-state index is 14.5. The van der Waals surface area contributed by atoms with Crippen molar-refractivity contribution in [3.05, 3.63) is 58.7 Å². The van der Waals surface area contributed by atoms with Crippen LogP contribution in [-0.4, -0.2) is 30.7 Å². The molecule has 0 bridgehead atoms. The van der Waals surface area contributed by atoms with E-state index in [0.717, 1.165) is 0 Å². The van der Waals surface area contributed by atoms with Crippen LogP contribution in [0.4, 0.5) is 32.0 Å². The Kier molecular flexibility index (Phi) is 5.91. The number of carbonyl (C=O) groups is 1. The van der Waals surface area contributed by atoms with Gasteiger partial charge in [-0.3, -0.25) is 14.5 Å². The lowest BCUT2D eigenvalue weighted by molar-refractivity contribution is -0.143. The molecule has 31 heavy (non-hydrogen) atoms. The second-order valence-electron chi connectivity index (χ2n) is 6.63. The maximum Gasteiger partial charge on any atom is 0.329 e. The molecule has 1 aromatic carbocycles. The summed E-state index contributed by atoms with van der Waals surface area (Å²) in [6.07, 6.45) is -2.78. The highest BCUT2D eigenvalue weighted by molar-refractivity contribution is 7.95. The number of esters is 1. The normalized spacial score (nSPS) is 16.0. The summed E-state index contributed by atoms with van der Waals surface area (Å²) in [5, 5.41) is 0. The standard InChI is InChI=1S/C18H14F6N2O4S/c1-2-30-17(27)18(5-6-18)31(28,29)26-16-14(23)12(21)10(13(22)15(16)24)11(20)9-4-3-8(19)7-25-9/h3-4,7,11,26H,2,5-6H2,1H3. The molecule has 1 saturated carbocycles. The van der Waals surface area contributed by atoms with Gasteiger partial charge in [0, 0.05) is 0 Å². The summed E-state index contributed by atoms with van der Waals surface area (Å²) in [5.74, 6) is -11.0. The van der Waals surface area contributed by atoms with Crippen LogP contribution in [0.25, 0.3) is 0 Å². The second kappa shape index (κ2) is 8.02. The number of sulfonamides is 1. The number of aromatic nitrogens is 1. The Hall–Kier alpha value is -2.83. The lowest BCUT2D eigenvalue weighted by Gasteiger charge is -2.19. The first kappa shape index (κ1) is 22.8. The van der Waals surface area contributed by atoms with Gasteiger partial charge in [0.15, 0.2) is 34.2 Å². The first-order valence-electron chi connectivity index (χ1n) is 8.77. The predicted molar refractivity (Wildman–Crippen MR) is 94.6 cm³/mol. The molecule has 3 rings (SSSR count). The topological polar surface area (TPSA) is 85.4 Å². The van der Waals surface area contributed by atoms with Gasteiger partial charge in [-0.05, 0) is 31.9 Å². The number of ether oxygens (including phenoxy) is 1. The Morgan fingerprint density at radius 2 is 1.71 bits per heavy atom. The van der Waals surface area contributed by atoms with Crippen molar-refractivity contribution in [2.24, 2.45) is 0 Å². The number of nitrogens with zero attached hydrogens (tertiary/aromatic N) is 1. The Labute approximate surface area is 172 Å². The Balaban J connectivity index is 2.03. The number of halogens is 6. The van der Waals surface area contributed by atoms with Crippen LogP contribution in [0.2, 0.25) is 0 Å². The Bertz CT molecular complexity index is 1110. The molecule has 168 valence electrons. The molecule has 0 saturated heterocycles. The maximum atomic E-state index is 14.5. The minimum absolute atomic E-state index is 0.175. The van der Waals surface area contributed by atoms with Crippen molar-refractivity contribution in [2.75, 3.05) is 11.3 Å². The first-order chi connectivity index (χ1) is 14.5. The van der Waals surface area contributed by atoms with E-state index in [4.69, 9.17) is 0 Å². The average molecular weight is 468 g/mol. The van der Waals surface area contributed by atoms with Crippen LogP contribution in [0.1, 0.15) is 37.2 Å². The summed E-state index contributed by atoms with van der Waals surface area (Å²) in [6, 6.07) is 1.42. The molecule has 13 heteroatoms. The second-order valence-corrected chi connectivity index (χ2v) is 8.62. The van der Waals surface area contributed by atoms with Crippen molar-refractivity contribution in [1.82, 2.24) is 4.98 Å². The van der Waals surface area contributed by atoms with Gasteiger partial charge in [0.05, 0.1) is 24.1 Å². The fourth-order valence-electron chi connectivity index (χ4n) is 2.84. The summed E-state index contributed by atoms with van der Waals surface area (Å²) >= 11 is 0. The van der Waals surface area contributed by atoms with Crippen molar-refractivity contribution in [3.63, 3.8) is 0 Å². The van der Waals surface area contributed by atoms with Gasteiger partial charge in [-0.1, -0.05) is 0 Å². The Morgan fingerprint density at radius 3 is 2.16 bits per heavy atom. The number of carbonyl (C=O) groups excluding carboxylic acids is 1. The number of nitrogens with one attached hydrogen (secondary N) is 1. The highest BCUT2D eigenvalue weighted by Gasteiger charge is 2.63. The van der Waals surface area contributed by atoms with Gasteiger partial charge in [0.2, 0.25) is 10.0 Å². The predicted octanol–water partition coefficient (Wildman–Crippen LogP) is 3.67. The van der Waals surface area contributed by atoms with E-state index in [-0.39, 0.29) is 19.4 Å². The summed E-state index contributed by atoms with van der Waals surface area (Å²) in [4.78, 5) is 15.2. The molecule has 0 spiro atoms. The highest BCUT2D eigenvalue weighted by Crippen LogP contribution is 2.46. The van der Waals surface area contributed by atoms with Crippen LogP contribution in [0.5, 0.6) is 0 Å². The number of benzene rings is 1. The molecule has 1 aliphatic carbocycles. The third kappa shape index (κ3) is 3.82. The van der Waals surface area contributed by atoms with Crippen LogP contribution in [-0.2, 0) is 19.6 Å². The fourth-order valence-corrected chi connectivity index (χ4v) is 4.40. The molecule has 2 aromatic rings. The minimum Gasteiger partial charge on any atom is -0.465 e. The zero-order valence-electron chi connectivity index (χ0n) is 15.7. The van der Waals surface area contributed by atoms with Gasteiger partial charge >= 0.3 is 5.97 Å². The molecule has 1 N–H and O–H groups in total. The van der Waals surface area contributed by atoms with Gasteiger partial charge in [-0.2, -0.15) is 0 Å². The monoisotopic (exact) mass is 468 g/mol. The number of anilines is 1. The minimum atomic E-state index is -4.88. The Morgan fingerprint density at radius 1 is 1.13 bits per heavy atom. The molecule has 6 nitrogen and oxygen atoms in total. The van der Waals surface area contributed by atoms with Crippen molar-refractivity contribution in [3.8, 4) is 0 Å². The van der Waals surface area contributed by atoms with Crippen molar-refractivity contribution >= 4 is 21.7 Å². The lowest BCUT2D eigenvalue weighted by atomic mass is 10.0. The molecule has 1 aliphatic rings. The third-order valence-electron chi connectivity index (χ3n) is 4.66. The third-order valence-corrected chi connectivity index (χ3v) is 6.74. The fraction of sp³-hybridized carbons (Fsp3) is 0.333. The van der Waals surface area contributed by atoms with E-state index in [1.807, 2.05) is 0 Å². The molecule has 0 amide bonds. The van der Waals surface area contributed by atoms with Crippen molar-refractivity contribution < 1.29 is 44.3 Å². The molecule has 1 atom stereocenters. The van der Waals surface area contributed by atoms with Crippen LogP contribution < -0.4 is 4.72 Å². The van der Waals surface area contributed by atoms with E-state index in [2.05, 4.69) is 9.72 Å². The molecule has 0 radical (unpaired) electrons. The van der Waals surface area contributed by atoms with Crippen LogP contribution in [0.15, 0.2) is 18.3 Å². The number of pyridine rings is 1. The summed E-state index contributed by atoms with van der Waals surface area (Å²) in [5.41, 5.74) is -4.22. The SMILES string of the molecule is CCOC(=O)C1(S(=O)(=O)Nc2c(F)c(F)c(C(F)c3ccc(F)cn3)c(F)c2F)CC1. The smallest absolute Gasteiger partial charge is 0.329 e. The van der Waals surface area contributed by atoms with E-state index >= 15 is 0 Å². The molecule has 1 unspecified atom stereocenters. The number of alkyl halides is 1. The molecule has 1 heterocycles. The molecule has 1 aromatic heterocycles. The first-order valence-corrected chi connectivity index (χ1v) is 10.3. The molecule has 0 aliphatic heterocycles. The summed E-state index contributed by atoms with van der Waals surface area (Å²) in [7, 11) is -4.88. The quantitative estimate of drug-likeness (QED) is 0.381. The lowest BCUT2D eigenvalue weighted by Crippen LogP contribution is -2.39. The van der Waals surface area contributed by atoms with Crippen molar-refractivity contribution in [2.45, 2.75) is 30.7 Å². The van der Waals surface area contributed by atoms with E-state index in [1.165, 1.54) is 11.6 Å². The van der Waals surface area contributed by atoms with Gasteiger partial charge in [0.25, 0.3) is 0 Å². The van der Waals surface area contributed by atoms with Gasteiger partial charge in [-0.25, -0.2) is 34.8 Å². The van der Waals surface area contributed by atoms with Crippen molar-refractivity contribution in [1.29, 1.82) is 0 Å². The highest BCUT2D eigenvalue weighted by atomic mass is 32.2. The zero-order valence-corrected chi connectivity index (χ0v) is 16.5. The molecule has 1 fully saturated rings. The number of hydrogen-bond donors (Lipinski definition) is 1. The number of rotatable bonds is 7. The molecular weight excluding hydrogens is 454 g/mol. The summed E-state index contributed by atoms with van der Waals surface area (Å²) < 4.78 is 114. The van der Waals surface area contributed by atoms with E-state index < -0.39 is 72.9 Å². The average Bonchev–Trinajstić information content (AvgIpc) is 3.53. The van der Waals surface area contributed by atoms with E-state index in [0.29, 0.717) is 18.3 Å². The van der Waals surface area contributed by atoms with Crippen LogP contribution in [0, 0.1) is 29.1 Å². The zero-order chi connectivity index (χ0) is 23.1.